The van der Waals surface area contributed by atoms with Gasteiger partial charge in [-0.2, -0.15) is 0 Å². The van der Waals surface area contributed by atoms with Crippen LogP contribution in [0, 0.1) is 0 Å². The molecule has 1 rings (SSSR count). The highest BCUT2D eigenvalue weighted by Gasteiger charge is 2.12. The predicted octanol–water partition coefficient (Wildman–Crippen LogP) is 1.74. The van der Waals surface area contributed by atoms with Crippen molar-refractivity contribution in [3.05, 3.63) is 41.3 Å². The van der Waals surface area contributed by atoms with E-state index in [0.29, 0.717) is 12.8 Å². The summed E-state index contributed by atoms with van der Waals surface area (Å²) in [5.74, 6) is 0. The number of aliphatic hydroxyl groups is 1. The van der Waals surface area contributed by atoms with Crippen LogP contribution in [0.4, 0.5) is 0 Å². The van der Waals surface area contributed by atoms with Crippen molar-refractivity contribution >= 4 is 16.1 Å². The Morgan fingerprint density at radius 1 is 1.33 bits per heavy atom. The van der Waals surface area contributed by atoms with E-state index in [1.54, 1.807) is 6.08 Å². The standard InChI is InChI=1S/C13H19NO3S/c1-2-13(8-10-15)14-18(16,17)11-9-12-6-4-3-5-7-12/h3-7,9,11,13-15H,2,8,10H2,1H3/b11-9+. The van der Waals surface area contributed by atoms with E-state index in [4.69, 9.17) is 5.11 Å². The Hall–Kier alpha value is -1.17. The molecule has 0 saturated heterocycles. The molecule has 1 atom stereocenters. The first kappa shape index (κ1) is 14.9. The third-order valence-corrected chi connectivity index (χ3v) is 3.70. The average molecular weight is 269 g/mol. The summed E-state index contributed by atoms with van der Waals surface area (Å²) in [6, 6.07) is 9.01. The Kier molecular flexibility index (Phi) is 6.04. The van der Waals surface area contributed by atoms with Gasteiger partial charge in [-0.05, 0) is 24.5 Å². The number of aliphatic hydroxyl groups excluding tert-OH is 1. The van der Waals surface area contributed by atoms with Crippen molar-refractivity contribution in [1.82, 2.24) is 4.72 Å². The highest BCUT2D eigenvalue weighted by molar-refractivity contribution is 7.92. The molecule has 0 aliphatic rings. The van der Waals surface area contributed by atoms with Gasteiger partial charge < -0.3 is 5.11 Å². The van der Waals surface area contributed by atoms with Crippen LogP contribution in [0.5, 0.6) is 0 Å². The van der Waals surface area contributed by atoms with Crippen LogP contribution in [0.1, 0.15) is 25.3 Å². The Morgan fingerprint density at radius 2 is 2.00 bits per heavy atom. The molecule has 0 fully saturated rings. The van der Waals surface area contributed by atoms with E-state index in [0.717, 1.165) is 11.0 Å². The molecule has 0 aliphatic heterocycles. The summed E-state index contributed by atoms with van der Waals surface area (Å²) < 4.78 is 26.1. The summed E-state index contributed by atoms with van der Waals surface area (Å²) in [6.07, 6.45) is 2.63. The van der Waals surface area contributed by atoms with Gasteiger partial charge in [0.25, 0.3) is 0 Å². The molecule has 0 spiro atoms. The Morgan fingerprint density at radius 3 is 2.56 bits per heavy atom. The topological polar surface area (TPSA) is 66.4 Å². The lowest BCUT2D eigenvalue weighted by Crippen LogP contribution is -2.33. The fourth-order valence-corrected chi connectivity index (χ4v) is 2.67. The summed E-state index contributed by atoms with van der Waals surface area (Å²) in [6.45, 7) is 1.85. The van der Waals surface area contributed by atoms with Gasteiger partial charge in [-0.15, -0.1) is 0 Å². The molecule has 1 aromatic rings. The number of sulfonamides is 1. The van der Waals surface area contributed by atoms with E-state index < -0.39 is 10.0 Å². The molecule has 1 unspecified atom stereocenters. The molecule has 0 amide bonds. The van der Waals surface area contributed by atoms with E-state index in [-0.39, 0.29) is 12.6 Å². The van der Waals surface area contributed by atoms with Gasteiger partial charge in [0, 0.05) is 18.1 Å². The first-order valence-electron chi connectivity index (χ1n) is 5.93. The molecule has 0 aromatic heterocycles. The molecule has 2 N–H and O–H groups in total. The predicted molar refractivity (Wildman–Crippen MR) is 73.3 cm³/mol. The van der Waals surface area contributed by atoms with E-state index in [1.807, 2.05) is 37.3 Å². The third-order valence-electron chi connectivity index (χ3n) is 2.54. The number of nitrogens with one attached hydrogen (secondary N) is 1. The molecule has 18 heavy (non-hydrogen) atoms. The summed E-state index contributed by atoms with van der Waals surface area (Å²) in [5.41, 5.74) is 0.832. The van der Waals surface area contributed by atoms with Gasteiger partial charge in [-0.3, -0.25) is 0 Å². The molecule has 4 nitrogen and oxygen atoms in total. The highest BCUT2D eigenvalue weighted by atomic mass is 32.2. The van der Waals surface area contributed by atoms with Gasteiger partial charge in [-0.25, -0.2) is 13.1 Å². The minimum absolute atomic E-state index is 0.0244. The molecular formula is C13H19NO3S. The molecule has 0 heterocycles. The van der Waals surface area contributed by atoms with Gasteiger partial charge in [0.15, 0.2) is 0 Å². The molecule has 0 bridgehead atoms. The van der Waals surface area contributed by atoms with Gasteiger partial charge in [0.05, 0.1) is 0 Å². The number of hydrogen-bond donors (Lipinski definition) is 2. The van der Waals surface area contributed by atoms with Crippen LogP contribution in [-0.4, -0.2) is 26.2 Å². The minimum atomic E-state index is -3.45. The summed E-state index contributed by atoms with van der Waals surface area (Å²) in [7, 11) is -3.45. The minimum Gasteiger partial charge on any atom is -0.396 e. The van der Waals surface area contributed by atoms with E-state index >= 15 is 0 Å². The molecular weight excluding hydrogens is 250 g/mol. The molecule has 0 saturated carbocycles. The maximum Gasteiger partial charge on any atom is 0.233 e. The molecule has 1 aromatic carbocycles. The Labute approximate surface area is 108 Å². The SMILES string of the molecule is CCC(CCO)NS(=O)(=O)/C=C/c1ccccc1. The summed E-state index contributed by atoms with van der Waals surface area (Å²) in [4.78, 5) is 0. The van der Waals surface area contributed by atoms with E-state index in [2.05, 4.69) is 4.72 Å². The van der Waals surface area contributed by atoms with Crippen LogP contribution in [0.3, 0.4) is 0 Å². The Balaban J connectivity index is 2.67. The summed E-state index contributed by atoms with van der Waals surface area (Å²) in [5, 5.41) is 9.97. The van der Waals surface area contributed by atoms with Crippen molar-refractivity contribution in [3.8, 4) is 0 Å². The zero-order chi connectivity index (χ0) is 13.4. The molecule has 0 aliphatic carbocycles. The first-order valence-corrected chi connectivity index (χ1v) is 7.48. The second-order valence-electron chi connectivity index (χ2n) is 3.99. The number of rotatable bonds is 7. The lowest BCUT2D eigenvalue weighted by molar-refractivity contribution is 0.270. The maximum absolute atomic E-state index is 11.8. The van der Waals surface area contributed by atoms with Crippen molar-refractivity contribution < 1.29 is 13.5 Å². The fourth-order valence-electron chi connectivity index (χ4n) is 1.51. The van der Waals surface area contributed by atoms with Crippen LogP contribution >= 0.6 is 0 Å². The van der Waals surface area contributed by atoms with E-state index in [9.17, 15) is 8.42 Å². The molecule has 100 valence electrons. The second-order valence-corrected chi connectivity index (χ2v) is 5.59. The fraction of sp³-hybridized carbons (Fsp3) is 0.385. The summed E-state index contributed by atoms with van der Waals surface area (Å²) >= 11 is 0. The van der Waals surface area contributed by atoms with Crippen molar-refractivity contribution in [1.29, 1.82) is 0 Å². The van der Waals surface area contributed by atoms with Crippen molar-refractivity contribution in [2.75, 3.05) is 6.61 Å². The smallest absolute Gasteiger partial charge is 0.233 e. The van der Waals surface area contributed by atoms with Gasteiger partial charge in [0.1, 0.15) is 0 Å². The lowest BCUT2D eigenvalue weighted by Gasteiger charge is -2.13. The van der Waals surface area contributed by atoms with Crippen LogP contribution < -0.4 is 4.72 Å². The zero-order valence-electron chi connectivity index (χ0n) is 10.4. The zero-order valence-corrected chi connectivity index (χ0v) is 11.2. The van der Waals surface area contributed by atoms with E-state index in [1.165, 1.54) is 0 Å². The largest absolute Gasteiger partial charge is 0.396 e. The van der Waals surface area contributed by atoms with Crippen molar-refractivity contribution in [2.45, 2.75) is 25.8 Å². The molecule has 5 heteroatoms. The lowest BCUT2D eigenvalue weighted by atomic mass is 10.2. The average Bonchev–Trinajstić information content (AvgIpc) is 2.37. The van der Waals surface area contributed by atoms with Crippen LogP contribution in [0.2, 0.25) is 0 Å². The third kappa shape index (κ3) is 5.44. The maximum atomic E-state index is 11.8. The quantitative estimate of drug-likeness (QED) is 0.792. The highest BCUT2D eigenvalue weighted by Crippen LogP contribution is 2.05. The monoisotopic (exact) mass is 269 g/mol. The van der Waals surface area contributed by atoms with Crippen LogP contribution in [-0.2, 0) is 10.0 Å². The second kappa shape index (κ2) is 7.31. The Bertz CT molecular complexity index is 468. The van der Waals surface area contributed by atoms with Gasteiger partial charge >= 0.3 is 0 Å². The van der Waals surface area contributed by atoms with Crippen molar-refractivity contribution in [3.63, 3.8) is 0 Å². The van der Waals surface area contributed by atoms with Crippen LogP contribution in [0.15, 0.2) is 35.7 Å². The van der Waals surface area contributed by atoms with Gasteiger partial charge in [-0.1, -0.05) is 37.3 Å². The molecule has 0 radical (unpaired) electrons. The van der Waals surface area contributed by atoms with Crippen LogP contribution in [0.25, 0.3) is 6.08 Å². The van der Waals surface area contributed by atoms with Gasteiger partial charge in [0.2, 0.25) is 10.0 Å². The normalized spacial score (nSPS) is 13.9. The first-order chi connectivity index (χ1) is 8.57. The van der Waals surface area contributed by atoms with Crippen molar-refractivity contribution in [2.24, 2.45) is 0 Å². The number of benzene rings is 1. The number of hydrogen-bond acceptors (Lipinski definition) is 3.